The summed E-state index contributed by atoms with van der Waals surface area (Å²) in [5.74, 6) is 0. The average molecular weight is 371 g/mol. The number of amides is 2. The summed E-state index contributed by atoms with van der Waals surface area (Å²) in [6.07, 6.45) is 3.34. The van der Waals surface area contributed by atoms with E-state index >= 15 is 0 Å². The van der Waals surface area contributed by atoms with Crippen LogP contribution >= 0.6 is 11.6 Å². The first-order chi connectivity index (χ1) is 12.6. The Bertz CT molecular complexity index is 768. The molecule has 0 radical (unpaired) electrons. The third kappa shape index (κ3) is 5.00. The molecule has 1 aliphatic heterocycles. The fourth-order valence-corrected chi connectivity index (χ4v) is 3.00. The van der Waals surface area contributed by atoms with E-state index in [0.717, 1.165) is 37.4 Å². The molecular weight excluding hydrogens is 348 g/mol. The summed E-state index contributed by atoms with van der Waals surface area (Å²) in [6, 6.07) is 15.1. The van der Waals surface area contributed by atoms with Crippen molar-refractivity contribution in [2.75, 3.05) is 43.4 Å². The molecule has 0 bridgehead atoms. The minimum Gasteiger partial charge on any atom is -0.369 e. The second-order valence-corrected chi connectivity index (χ2v) is 6.70. The fourth-order valence-electron chi connectivity index (χ4n) is 2.80. The molecule has 1 aliphatic rings. The first-order valence-corrected chi connectivity index (χ1v) is 9.02. The van der Waals surface area contributed by atoms with Gasteiger partial charge in [0.2, 0.25) is 0 Å². The molecule has 2 amide bonds. The Morgan fingerprint density at radius 1 is 1.04 bits per heavy atom. The molecule has 6 heteroatoms. The highest BCUT2D eigenvalue weighted by atomic mass is 35.5. The summed E-state index contributed by atoms with van der Waals surface area (Å²) >= 11 is 6.07. The Balaban J connectivity index is 1.51. The summed E-state index contributed by atoms with van der Waals surface area (Å²) in [5, 5.41) is 6.15. The average Bonchev–Trinajstić information content (AvgIpc) is 2.65. The van der Waals surface area contributed by atoms with E-state index in [1.165, 1.54) is 5.69 Å². The molecule has 2 N–H and O–H groups in total. The van der Waals surface area contributed by atoms with E-state index in [1.54, 1.807) is 12.3 Å². The predicted octanol–water partition coefficient (Wildman–Crippen LogP) is 3.88. The third-order valence-electron chi connectivity index (χ3n) is 4.38. The van der Waals surface area contributed by atoms with Gasteiger partial charge in [0.15, 0.2) is 0 Å². The first kappa shape index (κ1) is 18.3. The van der Waals surface area contributed by atoms with E-state index in [2.05, 4.69) is 27.5 Å². The summed E-state index contributed by atoms with van der Waals surface area (Å²) in [6.45, 7) is 4.19. The van der Waals surface area contributed by atoms with Crippen LogP contribution in [0, 0.1) is 0 Å². The van der Waals surface area contributed by atoms with Gasteiger partial charge in [0.1, 0.15) is 0 Å². The molecule has 5 nitrogen and oxygen atoms in total. The number of hydrogen-bond donors (Lipinski definition) is 2. The summed E-state index contributed by atoms with van der Waals surface area (Å²) in [5.41, 5.74) is 2.79. The summed E-state index contributed by atoms with van der Waals surface area (Å²) < 4.78 is 0. The van der Waals surface area contributed by atoms with Gasteiger partial charge in [-0.3, -0.25) is 0 Å². The second-order valence-electron chi connectivity index (χ2n) is 6.29. The third-order valence-corrected chi connectivity index (χ3v) is 4.72. The Hall–Kier alpha value is -2.50. The predicted molar refractivity (Wildman–Crippen MR) is 109 cm³/mol. The molecule has 0 aliphatic carbocycles. The first-order valence-electron chi connectivity index (χ1n) is 8.64. The number of nitrogens with zero attached hydrogens (tertiary/aromatic N) is 2. The van der Waals surface area contributed by atoms with Gasteiger partial charge in [0.05, 0.1) is 0 Å². The Morgan fingerprint density at radius 2 is 1.73 bits per heavy atom. The molecule has 0 atom stereocenters. The van der Waals surface area contributed by atoms with E-state index in [4.69, 9.17) is 11.6 Å². The van der Waals surface area contributed by atoms with Gasteiger partial charge in [-0.1, -0.05) is 29.8 Å². The number of carbonyl (C=O) groups excluding carboxylic acids is 1. The van der Waals surface area contributed by atoms with Gasteiger partial charge in [0.25, 0.3) is 0 Å². The molecule has 26 heavy (non-hydrogen) atoms. The zero-order valence-electron chi connectivity index (χ0n) is 14.8. The van der Waals surface area contributed by atoms with Crippen LogP contribution in [0.4, 0.5) is 16.2 Å². The number of hydrogen-bond acceptors (Lipinski definition) is 3. The van der Waals surface area contributed by atoms with E-state index in [1.807, 2.05) is 48.5 Å². The van der Waals surface area contributed by atoms with Crippen LogP contribution in [0.5, 0.6) is 0 Å². The molecule has 1 fully saturated rings. The monoisotopic (exact) mass is 370 g/mol. The van der Waals surface area contributed by atoms with Crippen molar-refractivity contribution in [3.8, 4) is 0 Å². The summed E-state index contributed by atoms with van der Waals surface area (Å²) in [7, 11) is 2.14. The van der Waals surface area contributed by atoms with E-state index in [-0.39, 0.29) is 6.03 Å². The second kappa shape index (κ2) is 8.74. The molecule has 1 saturated heterocycles. The van der Waals surface area contributed by atoms with Crippen LogP contribution in [-0.2, 0) is 0 Å². The lowest BCUT2D eigenvalue weighted by molar-refractivity contribution is 0.255. The van der Waals surface area contributed by atoms with Gasteiger partial charge in [-0.25, -0.2) is 4.79 Å². The van der Waals surface area contributed by atoms with Crippen molar-refractivity contribution in [1.82, 2.24) is 10.2 Å². The number of carbonyl (C=O) groups is 1. The van der Waals surface area contributed by atoms with Crippen LogP contribution < -0.4 is 15.5 Å². The quantitative estimate of drug-likeness (QED) is 0.858. The smallest absolute Gasteiger partial charge is 0.323 e. The topological polar surface area (TPSA) is 47.6 Å². The standard InChI is InChI=1S/C20H23ClN4O/c1-24-12-14-25(15-13-24)18-8-6-17(7-9-18)23-20(26)22-11-10-16-4-2-3-5-19(16)21/h2-11H,12-15H2,1H3,(H2,22,23,26)/b11-10+. The van der Waals surface area contributed by atoms with Crippen molar-refractivity contribution in [1.29, 1.82) is 0 Å². The van der Waals surface area contributed by atoms with Gasteiger partial charge < -0.3 is 20.4 Å². The number of urea groups is 1. The lowest BCUT2D eigenvalue weighted by atomic mass is 10.2. The van der Waals surface area contributed by atoms with Gasteiger partial charge in [0, 0.05) is 48.8 Å². The number of rotatable bonds is 4. The number of likely N-dealkylation sites (N-methyl/N-ethyl adjacent to an activating group) is 1. The van der Waals surface area contributed by atoms with Crippen molar-refractivity contribution in [2.45, 2.75) is 0 Å². The Kier molecular flexibility index (Phi) is 6.15. The molecule has 0 saturated carbocycles. The van der Waals surface area contributed by atoms with Crippen molar-refractivity contribution in [3.63, 3.8) is 0 Å². The molecule has 3 rings (SSSR count). The molecule has 0 spiro atoms. The maximum atomic E-state index is 12.0. The van der Waals surface area contributed by atoms with Crippen LogP contribution in [0.2, 0.25) is 5.02 Å². The number of halogens is 1. The maximum absolute atomic E-state index is 12.0. The number of nitrogens with one attached hydrogen (secondary N) is 2. The lowest BCUT2D eigenvalue weighted by Crippen LogP contribution is -2.44. The molecule has 2 aromatic rings. The van der Waals surface area contributed by atoms with Crippen LogP contribution in [0.25, 0.3) is 6.08 Å². The van der Waals surface area contributed by atoms with Crippen LogP contribution in [0.3, 0.4) is 0 Å². The highest BCUT2D eigenvalue weighted by molar-refractivity contribution is 6.32. The highest BCUT2D eigenvalue weighted by Crippen LogP contribution is 2.19. The van der Waals surface area contributed by atoms with Crippen molar-refractivity contribution < 1.29 is 4.79 Å². The molecule has 136 valence electrons. The largest absolute Gasteiger partial charge is 0.369 e. The Labute approximate surface area is 159 Å². The fraction of sp³-hybridized carbons (Fsp3) is 0.250. The molecule has 2 aromatic carbocycles. The van der Waals surface area contributed by atoms with Gasteiger partial charge in [-0.05, 0) is 49.0 Å². The van der Waals surface area contributed by atoms with Crippen molar-refractivity contribution in [2.24, 2.45) is 0 Å². The number of benzene rings is 2. The van der Waals surface area contributed by atoms with Crippen LogP contribution in [-0.4, -0.2) is 44.2 Å². The molecular formula is C20H23ClN4O. The maximum Gasteiger partial charge on any atom is 0.323 e. The number of anilines is 2. The van der Waals surface area contributed by atoms with Crippen molar-refractivity contribution >= 4 is 35.1 Å². The zero-order chi connectivity index (χ0) is 18.4. The molecule has 0 aromatic heterocycles. The minimum atomic E-state index is -0.291. The van der Waals surface area contributed by atoms with Crippen LogP contribution in [0.15, 0.2) is 54.7 Å². The lowest BCUT2D eigenvalue weighted by Gasteiger charge is -2.34. The molecule has 0 unspecified atom stereocenters. The van der Waals surface area contributed by atoms with Gasteiger partial charge >= 0.3 is 6.03 Å². The molecule has 1 heterocycles. The van der Waals surface area contributed by atoms with Gasteiger partial charge in [-0.2, -0.15) is 0 Å². The van der Waals surface area contributed by atoms with Crippen LogP contribution in [0.1, 0.15) is 5.56 Å². The number of piperazine rings is 1. The van der Waals surface area contributed by atoms with E-state index in [9.17, 15) is 4.79 Å². The highest BCUT2D eigenvalue weighted by Gasteiger charge is 2.14. The summed E-state index contributed by atoms with van der Waals surface area (Å²) in [4.78, 5) is 16.7. The minimum absolute atomic E-state index is 0.291. The van der Waals surface area contributed by atoms with E-state index < -0.39 is 0 Å². The SMILES string of the molecule is CN1CCN(c2ccc(NC(=O)N/C=C/c3ccccc3Cl)cc2)CC1. The van der Waals surface area contributed by atoms with Crippen molar-refractivity contribution in [3.05, 3.63) is 65.3 Å². The van der Waals surface area contributed by atoms with Gasteiger partial charge in [-0.15, -0.1) is 0 Å². The zero-order valence-corrected chi connectivity index (χ0v) is 15.5. The Morgan fingerprint density at radius 3 is 2.42 bits per heavy atom. The van der Waals surface area contributed by atoms with E-state index in [0.29, 0.717) is 5.02 Å². The normalized spacial score (nSPS) is 15.2.